The third-order valence-corrected chi connectivity index (χ3v) is 4.04. The predicted molar refractivity (Wildman–Crippen MR) is 105 cm³/mol. The summed E-state index contributed by atoms with van der Waals surface area (Å²) in [5, 5.41) is 2.83. The van der Waals surface area contributed by atoms with Gasteiger partial charge in [-0.3, -0.25) is 14.6 Å². The molecule has 142 valence electrons. The molecular formula is C20H19N5O3. The van der Waals surface area contributed by atoms with E-state index in [4.69, 9.17) is 16.2 Å². The van der Waals surface area contributed by atoms with Gasteiger partial charge in [0.15, 0.2) is 5.69 Å². The molecule has 28 heavy (non-hydrogen) atoms. The standard InChI is InChI=1S/C20H19N5O3/c1-28-15-7-5-12(6-8-15)20(27)24-14-4-2-3-13(9-14)17-11-23-16(10-21)18(25-17)19(22)26/h2-9,11H,10,21H2,1H3,(H2,22,26)(H,24,27). The molecule has 5 N–H and O–H groups in total. The van der Waals surface area contributed by atoms with Crippen LogP contribution in [0.25, 0.3) is 11.3 Å². The molecule has 8 nitrogen and oxygen atoms in total. The van der Waals surface area contributed by atoms with Crippen LogP contribution >= 0.6 is 0 Å². The van der Waals surface area contributed by atoms with Crippen LogP contribution in [0.3, 0.4) is 0 Å². The number of methoxy groups -OCH3 is 1. The Morgan fingerprint density at radius 3 is 2.54 bits per heavy atom. The van der Waals surface area contributed by atoms with E-state index in [-0.39, 0.29) is 18.1 Å². The molecule has 0 atom stereocenters. The number of rotatable bonds is 6. The molecule has 1 aromatic heterocycles. The lowest BCUT2D eigenvalue weighted by molar-refractivity contribution is 0.0992. The zero-order valence-electron chi connectivity index (χ0n) is 15.2. The molecule has 0 bridgehead atoms. The maximum Gasteiger partial charge on any atom is 0.269 e. The third kappa shape index (κ3) is 4.13. The number of nitrogens with two attached hydrogens (primary N) is 2. The summed E-state index contributed by atoms with van der Waals surface area (Å²) in [6, 6.07) is 13.8. The second-order valence-electron chi connectivity index (χ2n) is 5.88. The number of nitrogens with one attached hydrogen (secondary N) is 1. The molecule has 8 heteroatoms. The highest BCUT2D eigenvalue weighted by atomic mass is 16.5. The molecule has 0 spiro atoms. The molecule has 1 heterocycles. The molecule has 0 unspecified atom stereocenters. The largest absolute Gasteiger partial charge is 0.497 e. The summed E-state index contributed by atoms with van der Waals surface area (Å²) < 4.78 is 5.09. The Hall–Kier alpha value is -3.78. The molecule has 0 fully saturated rings. The molecule has 0 aliphatic rings. The first-order valence-corrected chi connectivity index (χ1v) is 8.43. The van der Waals surface area contributed by atoms with Gasteiger partial charge in [0.1, 0.15) is 5.75 Å². The molecule has 0 aliphatic carbocycles. The van der Waals surface area contributed by atoms with E-state index in [1.807, 2.05) is 0 Å². The first-order valence-electron chi connectivity index (χ1n) is 8.43. The topological polar surface area (TPSA) is 133 Å². The molecule has 0 aliphatic heterocycles. The van der Waals surface area contributed by atoms with Crippen molar-refractivity contribution in [2.45, 2.75) is 6.54 Å². The second kappa shape index (κ2) is 8.28. The van der Waals surface area contributed by atoms with Gasteiger partial charge in [0.05, 0.1) is 24.7 Å². The highest BCUT2D eigenvalue weighted by Crippen LogP contribution is 2.22. The third-order valence-electron chi connectivity index (χ3n) is 4.04. The molecule has 3 aromatic rings. The molecule has 2 aromatic carbocycles. The Bertz CT molecular complexity index is 1020. The summed E-state index contributed by atoms with van der Waals surface area (Å²) >= 11 is 0. The van der Waals surface area contributed by atoms with Crippen molar-refractivity contribution in [2.75, 3.05) is 12.4 Å². The van der Waals surface area contributed by atoms with Crippen LogP contribution in [0.15, 0.2) is 54.7 Å². The number of amides is 2. The van der Waals surface area contributed by atoms with Crippen LogP contribution in [-0.2, 0) is 6.54 Å². The van der Waals surface area contributed by atoms with E-state index in [9.17, 15) is 9.59 Å². The van der Waals surface area contributed by atoms with Crippen LogP contribution in [0.5, 0.6) is 5.75 Å². The lowest BCUT2D eigenvalue weighted by Gasteiger charge is -2.09. The Kier molecular flexibility index (Phi) is 5.61. The van der Waals surface area contributed by atoms with Crippen LogP contribution in [0.2, 0.25) is 0 Å². The number of nitrogens with zero attached hydrogens (tertiary/aromatic N) is 2. The monoisotopic (exact) mass is 377 g/mol. The van der Waals surface area contributed by atoms with Crippen LogP contribution in [0.4, 0.5) is 5.69 Å². The highest BCUT2D eigenvalue weighted by molar-refractivity contribution is 6.04. The number of aromatic nitrogens is 2. The van der Waals surface area contributed by atoms with Crippen molar-refractivity contribution < 1.29 is 14.3 Å². The first-order chi connectivity index (χ1) is 13.5. The van der Waals surface area contributed by atoms with Gasteiger partial charge in [-0.05, 0) is 36.4 Å². The minimum atomic E-state index is -0.696. The highest BCUT2D eigenvalue weighted by Gasteiger charge is 2.13. The predicted octanol–water partition coefficient (Wildman–Crippen LogP) is 1.96. The number of ether oxygens (including phenoxy) is 1. The molecule has 3 rings (SSSR count). The summed E-state index contributed by atoms with van der Waals surface area (Å²) in [5.74, 6) is -0.288. The normalized spacial score (nSPS) is 10.4. The van der Waals surface area contributed by atoms with Crippen LogP contribution < -0.4 is 21.5 Å². The van der Waals surface area contributed by atoms with Gasteiger partial charge in [-0.1, -0.05) is 12.1 Å². The summed E-state index contributed by atoms with van der Waals surface area (Å²) in [5.41, 5.74) is 13.5. The summed E-state index contributed by atoms with van der Waals surface area (Å²) in [6.45, 7) is 0.0590. The average molecular weight is 377 g/mol. The number of carbonyl (C=O) groups excluding carboxylic acids is 2. The Morgan fingerprint density at radius 2 is 1.89 bits per heavy atom. The van der Waals surface area contributed by atoms with Gasteiger partial charge < -0.3 is 21.5 Å². The van der Waals surface area contributed by atoms with E-state index in [0.29, 0.717) is 34.0 Å². The van der Waals surface area contributed by atoms with Gasteiger partial charge in [0, 0.05) is 23.4 Å². The minimum Gasteiger partial charge on any atom is -0.497 e. The van der Waals surface area contributed by atoms with Crippen molar-refractivity contribution in [1.29, 1.82) is 0 Å². The maximum absolute atomic E-state index is 12.4. The zero-order chi connectivity index (χ0) is 20.1. The minimum absolute atomic E-state index is 0.0349. The maximum atomic E-state index is 12.4. The molecule has 0 saturated heterocycles. The molecule has 0 saturated carbocycles. The SMILES string of the molecule is COc1ccc(C(=O)Nc2cccc(-c3cnc(CN)c(C(N)=O)n3)c2)cc1. The van der Waals surface area contributed by atoms with E-state index < -0.39 is 5.91 Å². The Labute approximate surface area is 161 Å². The fraction of sp³-hybridized carbons (Fsp3) is 0.100. The van der Waals surface area contributed by atoms with E-state index >= 15 is 0 Å². The van der Waals surface area contributed by atoms with Gasteiger partial charge >= 0.3 is 0 Å². The van der Waals surface area contributed by atoms with Crippen molar-refractivity contribution in [2.24, 2.45) is 11.5 Å². The summed E-state index contributed by atoms with van der Waals surface area (Å²) in [7, 11) is 1.56. The van der Waals surface area contributed by atoms with Crippen LogP contribution in [-0.4, -0.2) is 28.9 Å². The van der Waals surface area contributed by atoms with Gasteiger partial charge in [-0.25, -0.2) is 4.98 Å². The first kappa shape index (κ1) is 19.0. The van der Waals surface area contributed by atoms with Gasteiger partial charge in [-0.2, -0.15) is 0 Å². The van der Waals surface area contributed by atoms with Gasteiger partial charge in [-0.15, -0.1) is 0 Å². The smallest absolute Gasteiger partial charge is 0.269 e. The van der Waals surface area contributed by atoms with Gasteiger partial charge in [0.2, 0.25) is 0 Å². The molecule has 0 radical (unpaired) electrons. The van der Waals surface area contributed by atoms with E-state index in [0.717, 1.165) is 0 Å². The Balaban J connectivity index is 1.85. The lowest BCUT2D eigenvalue weighted by atomic mass is 10.1. The fourth-order valence-electron chi connectivity index (χ4n) is 2.60. The van der Waals surface area contributed by atoms with E-state index in [1.165, 1.54) is 6.20 Å². The molecule has 2 amide bonds. The van der Waals surface area contributed by atoms with Crippen molar-refractivity contribution in [3.05, 3.63) is 71.7 Å². The lowest BCUT2D eigenvalue weighted by Crippen LogP contribution is -2.19. The van der Waals surface area contributed by atoms with E-state index in [1.54, 1.807) is 55.6 Å². The number of hydrogen-bond donors (Lipinski definition) is 3. The zero-order valence-corrected chi connectivity index (χ0v) is 15.2. The molecular weight excluding hydrogens is 358 g/mol. The number of primary amides is 1. The summed E-state index contributed by atoms with van der Waals surface area (Å²) in [6.07, 6.45) is 1.51. The van der Waals surface area contributed by atoms with Crippen molar-refractivity contribution in [3.8, 4) is 17.0 Å². The van der Waals surface area contributed by atoms with Crippen molar-refractivity contribution in [3.63, 3.8) is 0 Å². The van der Waals surface area contributed by atoms with Crippen LogP contribution in [0.1, 0.15) is 26.5 Å². The van der Waals surface area contributed by atoms with Crippen LogP contribution in [0, 0.1) is 0 Å². The quantitative estimate of drug-likeness (QED) is 0.601. The number of benzene rings is 2. The second-order valence-corrected chi connectivity index (χ2v) is 5.88. The van der Waals surface area contributed by atoms with E-state index in [2.05, 4.69) is 15.3 Å². The average Bonchev–Trinajstić information content (AvgIpc) is 2.73. The van der Waals surface area contributed by atoms with Crippen molar-refractivity contribution in [1.82, 2.24) is 9.97 Å². The number of anilines is 1. The fourth-order valence-corrected chi connectivity index (χ4v) is 2.60. The van der Waals surface area contributed by atoms with Gasteiger partial charge in [0.25, 0.3) is 11.8 Å². The Morgan fingerprint density at radius 1 is 1.14 bits per heavy atom. The number of hydrogen-bond acceptors (Lipinski definition) is 6. The summed E-state index contributed by atoms with van der Waals surface area (Å²) in [4.78, 5) is 32.4. The number of carbonyl (C=O) groups is 2. The van der Waals surface area contributed by atoms with Crippen molar-refractivity contribution >= 4 is 17.5 Å².